The number of carbonyl (C=O) groups is 1. The lowest BCUT2D eigenvalue weighted by atomic mass is 9.82. The molecule has 2 aliphatic carbocycles. The molecule has 4 rings (SSSR count). The van der Waals surface area contributed by atoms with Crippen LogP contribution < -0.4 is 5.32 Å². The minimum Gasteiger partial charge on any atom is -0.425 e. The largest absolute Gasteiger partial charge is 0.522 e. The smallest absolute Gasteiger partial charge is 0.425 e. The number of ether oxygens (including phenoxy) is 2. The zero-order chi connectivity index (χ0) is 25.4. The Labute approximate surface area is 195 Å². The number of rotatable bonds is 9. The van der Waals surface area contributed by atoms with Crippen molar-refractivity contribution in [2.75, 3.05) is 0 Å². The van der Waals surface area contributed by atoms with Gasteiger partial charge in [0, 0.05) is 30.3 Å². The molecule has 2 aliphatic rings. The van der Waals surface area contributed by atoms with Crippen LogP contribution in [0.5, 0.6) is 0 Å². The van der Waals surface area contributed by atoms with Gasteiger partial charge in [-0.05, 0) is 44.2 Å². The van der Waals surface area contributed by atoms with Crippen LogP contribution in [-0.2, 0) is 15.9 Å². The van der Waals surface area contributed by atoms with Crippen molar-refractivity contribution in [1.82, 2.24) is 20.1 Å². The number of carbonyl (C=O) groups excluding carboxylic acids is 1. The van der Waals surface area contributed by atoms with Gasteiger partial charge in [0.15, 0.2) is 0 Å². The van der Waals surface area contributed by atoms with Crippen LogP contribution in [0.2, 0.25) is 0 Å². The highest BCUT2D eigenvalue weighted by molar-refractivity contribution is 5.93. The second kappa shape index (κ2) is 9.64. The van der Waals surface area contributed by atoms with E-state index in [-0.39, 0.29) is 68.0 Å². The quantitative estimate of drug-likeness (QED) is 0.491. The van der Waals surface area contributed by atoms with Crippen LogP contribution in [0.25, 0.3) is 0 Å². The van der Waals surface area contributed by atoms with Crippen molar-refractivity contribution in [3.63, 3.8) is 0 Å². The Morgan fingerprint density at radius 2 is 1.71 bits per heavy atom. The Hall–Kier alpha value is -2.87. The molecule has 2 aromatic heterocycles. The van der Waals surface area contributed by atoms with E-state index in [4.69, 9.17) is 4.42 Å². The van der Waals surface area contributed by atoms with Gasteiger partial charge in [0.25, 0.3) is 5.91 Å². The van der Waals surface area contributed by atoms with Gasteiger partial charge in [0.1, 0.15) is 5.69 Å². The molecule has 8 nitrogen and oxygen atoms in total. The molecule has 14 heteroatoms. The van der Waals surface area contributed by atoms with E-state index < -0.39 is 30.8 Å². The molecule has 0 aromatic carbocycles. The zero-order valence-electron chi connectivity index (χ0n) is 18.2. The molecular weight excluding hydrogens is 486 g/mol. The number of aryl methyl sites for hydroxylation is 1. The van der Waals surface area contributed by atoms with Crippen LogP contribution in [0.3, 0.4) is 0 Å². The number of hydrogen-bond acceptors (Lipinski definition) is 6. The Bertz CT molecular complexity index is 1050. The number of hydrogen-bond donors (Lipinski definition) is 1. The summed E-state index contributed by atoms with van der Waals surface area (Å²) in [5.74, 6) is -0.268. The Morgan fingerprint density at radius 1 is 1.09 bits per heavy atom. The summed E-state index contributed by atoms with van der Waals surface area (Å²) in [5.41, 5.74) is 0.638. The molecule has 0 saturated heterocycles. The molecule has 0 radical (unpaired) electrons. The van der Waals surface area contributed by atoms with Gasteiger partial charge >= 0.3 is 12.7 Å². The van der Waals surface area contributed by atoms with Crippen LogP contribution in [0.1, 0.15) is 66.3 Å². The van der Waals surface area contributed by atoms with Crippen molar-refractivity contribution < 1.29 is 45.0 Å². The summed E-state index contributed by atoms with van der Waals surface area (Å²) in [5, 5.41) is 10.4. The average Bonchev–Trinajstić information content (AvgIpc) is 3.33. The number of alkyl halides is 6. The zero-order valence-corrected chi connectivity index (χ0v) is 18.2. The van der Waals surface area contributed by atoms with E-state index in [2.05, 4.69) is 31.6 Å². The van der Waals surface area contributed by atoms with Crippen LogP contribution in [0.15, 0.2) is 35.0 Å². The van der Waals surface area contributed by atoms with Crippen molar-refractivity contribution in [2.45, 2.75) is 75.4 Å². The van der Waals surface area contributed by atoms with Gasteiger partial charge in [0.2, 0.25) is 11.8 Å². The SMILES string of the molecule is C=C(CCc1nnc([C@H]2C[C@@H](OC(F)(F)F)C2)o1)NC(=O)c1cccn1[C@H]1C[C@@H](OC(F)(F)F)C1. The summed E-state index contributed by atoms with van der Waals surface area (Å²) in [4.78, 5) is 12.6. The van der Waals surface area contributed by atoms with Gasteiger partial charge in [-0.1, -0.05) is 6.58 Å². The molecule has 2 saturated carbocycles. The minimum absolute atomic E-state index is 0.133. The number of nitrogens with zero attached hydrogens (tertiary/aromatic N) is 3. The maximum Gasteiger partial charge on any atom is 0.522 e. The normalized spacial score (nSPS) is 24.5. The van der Waals surface area contributed by atoms with E-state index in [0.717, 1.165) is 0 Å². The summed E-state index contributed by atoms with van der Waals surface area (Å²) < 4.78 is 88.6. The summed E-state index contributed by atoms with van der Waals surface area (Å²) in [6.45, 7) is 3.79. The van der Waals surface area contributed by atoms with Crippen molar-refractivity contribution in [3.05, 3.63) is 48.1 Å². The first-order chi connectivity index (χ1) is 16.4. The second-order valence-electron chi connectivity index (χ2n) is 8.56. The van der Waals surface area contributed by atoms with Gasteiger partial charge in [-0.15, -0.1) is 36.5 Å². The second-order valence-corrected chi connectivity index (χ2v) is 8.56. The van der Waals surface area contributed by atoms with Crippen LogP contribution >= 0.6 is 0 Å². The van der Waals surface area contributed by atoms with E-state index in [9.17, 15) is 31.1 Å². The number of amides is 1. The fourth-order valence-electron chi connectivity index (χ4n) is 4.08. The Morgan fingerprint density at radius 3 is 2.34 bits per heavy atom. The lowest BCUT2D eigenvalue weighted by Crippen LogP contribution is -2.38. The van der Waals surface area contributed by atoms with E-state index >= 15 is 0 Å². The molecule has 2 heterocycles. The third-order valence-corrected chi connectivity index (χ3v) is 5.93. The van der Waals surface area contributed by atoms with E-state index in [0.29, 0.717) is 5.70 Å². The first-order valence-corrected chi connectivity index (χ1v) is 10.8. The third-order valence-electron chi connectivity index (χ3n) is 5.93. The van der Waals surface area contributed by atoms with E-state index in [1.54, 1.807) is 22.9 Å². The highest BCUT2D eigenvalue weighted by atomic mass is 19.4. The molecule has 192 valence electrons. The van der Waals surface area contributed by atoms with Gasteiger partial charge in [-0.2, -0.15) is 0 Å². The maximum absolute atomic E-state index is 12.6. The fraction of sp³-hybridized carbons (Fsp3) is 0.571. The molecule has 0 bridgehead atoms. The summed E-state index contributed by atoms with van der Waals surface area (Å²) in [6, 6.07) is 2.90. The van der Waals surface area contributed by atoms with Crippen LogP contribution in [-0.4, -0.2) is 45.6 Å². The first kappa shape index (κ1) is 25.2. The van der Waals surface area contributed by atoms with Gasteiger partial charge in [-0.3, -0.25) is 14.3 Å². The molecule has 2 aromatic rings. The van der Waals surface area contributed by atoms with Crippen molar-refractivity contribution in [1.29, 1.82) is 0 Å². The van der Waals surface area contributed by atoms with E-state index in [1.165, 1.54) is 0 Å². The number of allylic oxidation sites excluding steroid dienone is 1. The van der Waals surface area contributed by atoms with Crippen LogP contribution in [0.4, 0.5) is 26.3 Å². The predicted octanol–water partition coefficient (Wildman–Crippen LogP) is 4.77. The van der Waals surface area contributed by atoms with Crippen molar-refractivity contribution in [2.24, 2.45) is 0 Å². The first-order valence-electron chi connectivity index (χ1n) is 10.8. The lowest BCUT2D eigenvalue weighted by molar-refractivity contribution is -0.353. The molecule has 2 fully saturated rings. The molecule has 1 amide bonds. The predicted molar refractivity (Wildman–Crippen MR) is 106 cm³/mol. The summed E-state index contributed by atoms with van der Waals surface area (Å²) >= 11 is 0. The summed E-state index contributed by atoms with van der Waals surface area (Å²) in [7, 11) is 0. The summed E-state index contributed by atoms with van der Waals surface area (Å²) in [6.07, 6.45) is -8.54. The molecule has 1 N–H and O–H groups in total. The molecule has 0 atom stereocenters. The Balaban J connectivity index is 1.21. The fourth-order valence-corrected chi connectivity index (χ4v) is 4.08. The third kappa shape index (κ3) is 6.63. The number of aromatic nitrogens is 3. The lowest BCUT2D eigenvalue weighted by Gasteiger charge is -2.37. The molecular formula is C21H22F6N4O4. The van der Waals surface area contributed by atoms with Crippen molar-refractivity contribution >= 4 is 5.91 Å². The van der Waals surface area contributed by atoms with Gasteiger partial charge in [0.05, 0.1) is 12.2 Å². The molecule has 0 unspecified atom stereocenters. The highest BCUT2D eigenvalue weighted by Crippen LogP contribution is 2.41. The number of halogens is 6. The highest BCUT2D eigenvalue weighted by Gasteiger charge is 2.43. The number of nitrogens with one attached hydrogen (secondary N) is 1. The maximum atomic E-state index is 12.6. The Kier molecular flexibility index (Phi) is 6.95. The minimum atomic E-state index is -4.69. The standard InChI is InChI=1S/C21H22F6N4O4/c1-11(4-5-17-29-30-19(33-17)12-7-14(8-12)34-20(22,23)24)28-18(32)16-3-2-6-31(16)13-9-15(10-13)35-21(25,26)27/h2-3,6,12-15H,1,4-5,7-10H2,(H,28,32)/t12-,13-,14+,15+. The molecule has 35 heavy (non-hydrogen) atoms. The monoisotopic (exact) mass is 508 g/mol. The molecule has 0 spiro atoms. The topological polar surface area (TPSA) is 91.4 Å². The van der Waals surface area contributed by atoms with Crippen molar-refractivity contribution in [3.8, 4) is 0 Å². The van der Waals surface area contributed by atoms with Gasteiger partial charge in [-0.25, -0.2) is 0 Å². The van der Waals surface area contributed by atoms with Crippen LogP contribution in [0, 0.1) is 0 Å². The van der Waals surface area contributed by atoms with Gasteiger partial charge < -0.3 is 14.3 Å². The average molecular weight is 508 g/mol. The van der Waals surface area contributed by atoms with E-state index in [1.807, 2.05) is 0 Å². The molecule has 0 aliphatic heterocycles.